The molecule has 0 atom stereocenters. The van der Waals surface area contributed by atoms with Crippen molar-refractivity contribution in [3.05, 3.63) is 46.3 Å². The average Bonchev–Trinajstić information content (AvgIpc) is 2.70. The average molecular weight is 281 g/mol. The predicted octanol–water partition coefficient (Wildman–Crippen LogP) is 3.72. The summed E-state index contributed by atoms with van der Waals surface area (Å²) in [5.74, 6) is -0.922. The third-order valence-electron chi connectivity index (χ3n) is 2.45. The van der Waals surface area contributed by atoms with Gasteiger partial charge in [0.15, 0.2) is 0 Å². The molecule has 82 valence electrons. The fraction of sp³-hybridized carbons (Fsp3) is 0.0833. The highest BCUT2D eigenvalue weighted by atomic mass is 79.9. The van der Waals surface area contributed by atoms with E-state index >= 15 is 0 Å². The SMILES string of the molecule is Cc1c(C(=O)O)ccc(Br)c1-c1ccoc1. The van der Waals surface area contributed by atoms with Gasteiger partial charge in [-0.1, -0.05) is 15.9 Å². The minimum atomic E-state index is -0.922. The second-order valence-corrected chi connectivity index (χ2v) is 4.27. The molecule has 0 aliphatic heterocycles. The summed E-state index contributed by atoms with van der Waals surface area (Å²) in [7, 11) is 0. The zero-order chi connectivity index (χ0) is 11.7. The Morgan fingerprint density at radius 1 is 1.38 bits per heavy atom. The van der Waals surface area contributed by atoms with Crippen LogP contribution in [0.15, 0.2) is 39.6 Å². The van der Waals surface area contributed by atoms with Gasteiger partial charge < -0.3 is 9.52 Å². The highest BCUT2D eigenvalue weighted by molar-refractivity contribution is 9.10. The normalized spacial score (nSPS) is 10.4. The lowest BCUT2D eigenvalue weighted by Gasteiger charge is -2.09. The van der Waals surface area contributed by atoms with Crippen LogP contribution < -0.4 is 0 Å². The molecule has 1 aromatic carbocycles. The van der Waals surface area contributed by atoms with Gasteiger partial charge in [0.25, 0.3) is 0 Å². The monoisotopic (exact) mass is 280 g/mol. The number of carbonyl (C=O) groups is 1. The van der Waals surface area contributed by atoms with E-state index in [1.807, 2.05) is 0 Å². The molecule has 0 fully saturated rings. The summed E-state index contributed by atoms with van der Waals surface area (Å²) in [5.41, 5.74) is 2.75. The molecular formula is C12H9BrO3. The highest BCUT2D eigenvalue weighted by Gasteiger charge is 2.15. The van der Waals surface area contributed by atoms with E-state index < -0.39 is 5.97 Å². The number of halogens is 1. The van der Waals surface area contributed by atoms with E-state index in [4.69, 9.17) is 9.52 Å². The Morgan fingerprint density at radius 2 is 2.12 bits per heavy atom. The van der Waals surface area contributed by atoms with Crippen molar-refractivity contribution in [3.63, 3.8) is 0 Å². The number of aromatic carboxylic acids is 1. The van der Waals surface area contributed by atoms with Gasteiger partial charge in [-0.15, -0.1) is 0 Å². The zero-order valence-corrected chi connectivity index (χ0v) is 10.1. The summed E-state index contributed by atoms with van der Waals surface area (Å²) >= 11 is 3.42. The summed E-state index contributed by atoms with van der Waals surface area (Å²) in [6.07, 6.45) is 3.16. The van der Waals surface area contributed by atoms with Gasteiger partial charge in [0, 0.05) is 15.6 Å². The third-order valence-corrected chi connectivity index (χ3v) is 3.12. The first-order valence-electron chi connectivity index (χ1n) is 4.66. The highest BCUT2D eigenvalue weighted by Crippen LogP contribution is 2.33. The fourth-order valence-corrected chi connectivity index (χ4v) is 2.33. The van der Waals surface area contributed by atoms with Crippen LogP contribution in [0.3, 0.4) is 0 Å². The molecule has 0 amide bonds. The van der Waals surface area contributed by atoms with Gasteiger partial charge in [-0.05, 0) is 30.7 Å². The Labute approximate surface area is 101 Å². The molecule has 16 heavy (non-hydrogen) atoms. The van der Waals surface area contributed by atoms with Crippen LogP contribution >= 0.6 is 15.9 Å². The largest absolute Gasteiger partial charge is 0.478 e. The topological polar surface area (TPSA) is 50.4 Å². The molecule has 0 aliphatic carbocycles. The van der Waals surface area contributed by atoms with Crippen LogP contribution in [-0.4, -0.2) is 11.1 Å². The molecule has 1 aromatic heterocycles. The molecule has 3 nitrogen and oxygen atoms in total. The third kappa shape index (κ3) is 1.76. The number of hydrogen-bond acceptors (Lipinski definition) is 2. The number of benzene rings is 1. The molecule has 2 aromatic rings. The lowest BCUT2D eigenvalue weighted by atomic mass is 9.98. The summed E-state index contributed by atoms with van der Waals surface area (Å²) < 4.78 is 5.87. The van der Waals surface area contributed by atoms with E-state index in [1.54, 1.807) is 37.6 Å². The Hall–Kier alpha value is -1.55. The van der Waals surface area contributed by atoms with Crippen molar-refractivity contribution in [2.75, 3.05) is 0 Å². The molecule has 1 N–H and O–H groups in total. The Bertz CT molecular complexity index is 529. The van der Waals surface area contributed by atoms with Gasteiger partial charge in [0.05, 0.1) is 18.1 Å². The van der Waals surface area contributed by atoms with Gasteiger partial charge in [0.1, 0.15) is 0 Å². The van der Waals surface area contributed by atoms with Crippen LogP contribution in [0.1, 0.15) is 15.9 Å². The first-order chi connectivity index (χ1) is 7.61. The van der Waals surface area contributed by atoms with Crippen molar-refractivity contribution in [2.24, 2.45) is 0 Å². The van der Waals surface area contributed by atoms with E-state index in [1.165, 1.54) is 0 Å². The van der Waals surface area contributed by atoms with Gasteiger partial charge in [0.2, 0.25) is 0 Å². The number of rotatable bonds is 2. The number of furan rings is 1. The van der Waals surface area contributed by atoms with Crippen LogP contribution in [-0.2, 0) is 0 Å². The first kappa shape index (κ1) is 11.0. The Balaban J connectivity index is 2.69. The predicted molar refractivity (Wildman–Crippen MR) is 63.5 cm³/mol. The quantitative estimate of drug-likeness (QED) is 0.912. The molecule has 0 bridgehead atoms. The van der Waals surface area contributed by atoms with Crippen molar-refractivity contribution in [2.45, 2.75) is 6.92 Å². The van der Waals surface area contributed by atoms with Crippen molar-refractivity contribution in [3.8, 4) is 11.1 Å². The second kappa shape index (κ2) is 4.14. The Morgan fingerprint density at radius 3 is 2.69 bits per heavy atom. The molecule has 0 unspecified atom stereocenters. The van der Waals surface area contributed by atoms with Crippen molar-refractivity contribution in [1.82, 2.24) is 0 Å². The maximum absolute atomic E-state index is 11.0. The van der Waals surface area contributed by atoms with Crippen molar-refractivity contribution >= 4 is 21.9 Å². The summed E-state index contributed by atoms with van der Waals surface area (Å²) in [5, 5.41) is 9.04. The van der Waals surface area contributed by atoms with E-state index in [0.29, 0.717) is 5.56 Å². The lowest BCUT2D eigenvalue weighted by Crippen LogP contribution is -2.01. The van der Waals surface area contributed by atoms with E-state index in [2.05, 4.69) is 15.9 Å². The smallest absolute Gasteiger partial charge is 0.335 e. The van der Waals surface area contributed by atoms with Crippen LogP contribution in [0.5, 0.6) is 0 Å². The van der Waals surface area contributed by atoms with Crippen molar-refractivity contribution in [1.29, 1.82) is 0 Å². The number of hydrogen-bond donors (Lipinski definition) is 1. The molecule has 1 heterocycles. The van der Waals surface area contributed by atoms with E-state index in [-0.39, 0.29) is 0 Å². The van der Waals surface area contributed by atoms with Crippen LogP contribution in [0, 0.1) is 6.92 Å². The molecule has 0 saturated carbocycles. The first-order valence-corrected chi connectivity index (χ1v) is 5.45. The van der Waals surface area contributed by atoms with Gasteiger partial charge in [-0.3, -0.25) is 0 Å². The zero-order valence-electron chi connectivity index (χ0n) is 8.53. The summed E-state index contributed by atoms with van der Waals surface area (Å²) in [6.45, 7) is 1.79. The van der Waals surface area contributed by atoms with E-state index in [0.717, 1.165) is 21.2 Å². The summed E-state index contributed by atoms with van der Waals surface area (Å²) in [6, 6.07) is 5.13. The van der Waals surface area contributed by atoms with Gasteiger partial charge in [-0.2, -0.15) is 0 Å². The molecule has 0 radical (unpaired) electrons. The molecule has 4 heteroatoms. The van der Waals surface area contributed by atoms with Crippen molar-refractivity contribution < 1.29 is 14.3 Å². The van der Waals surface area contributed by atoms with Crippen LogP contribution in [0.2, 0.25) is 0 Å². The minimum Gasteiger partial charge on any atom is -0.478 e. The molecular weight excluding hydrogens is 272 g/mol. The maximum Gasteiger partial charge on any atom is 0.335 e. The standard InChI is InChI=1S/C12H9BrO3/c1-7-9(12(14)15)2-3-10(13)11(7)8-4-5-16-6-8/h2-6H,1H3,(H,14,15). The van der Waals surface area contributed by atoms with Crippen LogP contribution in [0.25, 0.3) is 11.1 Å². The van der Waals surface area contributed by atoms with E-state index in [9.17, 15) is 4.79 Å². The molecule has 0 saturated heterocycles. The van der Waals surface area contributed by atoms with Crippen LogP contribution in [0.4, 0.5) is 0 Å². The minimum absolute atomic E-state index is 0.305. The van der Waals surface area contributed by atoms with Gasteiger partial charge in [-0.25, -0.2) is 4.79 Å². The van der Waals surface area contributed by atoms with Gasteiger partial charge >= 0.3 is 5.97 Å². The molecule has 2 rings (SSSR count). The number of carboxylic acid groups (broad SMARTS) is 1. The lowest BCUT2D eigenvalue weighted by molar-refractivity contribution is 0.0696. The fourth-order valence-electron chi connectivity index (χ4n) is 1.67. The summed E-state index contributed by atoms with van der Waals surface area (Å²) in [4.78, 5) is 11.0. The maximum atomic E-state index is 11.0. The molecule has 0 spiro atoms. The second-order valence-electron chi connectivity index (χ2n) is 3.41. The number of carboxylic acids is 1. The Kier molecular flexibility index (Phi) is 2.83. The molecule has 0 aliphatic rings.